The summed E-state index contributed by atoms with van der Waals surface area (Å²) in [4.78, 5) is 0. The van der Waals surface area contributed by atoms with Gasteiger partial charge in [0.1, 0.15) is 0 Å². The fourth-order valence-corrected chi connectivity index (χ4v) is 3.53. The SMILES string of the molecule is CC1(C)CC2C(N)CC2c2ccccc21. The molecule has 1 saturated carbocycles. The molecular weight excluding hydrogens is 182 g/mol. The summed E-state index contributed by atoms with van der Waals surface area (Å²) in [5.41, 5.74) is 9.55. The Morgan fingerprint density at radius 3 is 2.73 bits per heavy atom. The summed E-state index contributed by atoms with van der Waals surface area (Å²) in [6.07, 6.45) is 2.45. The summed E-state index contributed by atoms with van der Waals surface area (Å²) in [5, 5.41) is 0. The first-order chi connectivity index (χ1) is 7.09. The summed E-state index contributed by atoms with van der Waals surface area (Å²) < 4.78 is 0. The third kappa shape index (κ3) is 1.19. The van der Waals surface area contributed by atoms with E-state index in [1.165, 1.54) is 12.8 Å². The highest BCUT2D eigenvalue weighted by molar-refractivity contribution is 5.41. The molecule has 0 aliphatic heterocycles. The molecule has 3 rings (SSSR count). The molecule has 0 heterocycles. The van der Waals surface area contributed by atoms with E-state index in [1.807, 2.05) is 0 Å². The Kier molecular flexibility index (Phi) is 1.79. The highest BCUT2D eigenvalue weighted by atomic mass is 14.7. The zero-order valence-electron chi connectivity index (χ0n) is 9.53. The van der Waals surface area contributed by atoms with E-state index in [1.54, 1.807) is 11.1 Å². The van der Waals surface area contributed by atoms with Gasteiger partial charge in [0, 0.05) is 6.04 Å². The van der Waals surface area contributed by atoms with E-state index in [4.69, 9.17) is 5.73 Å². The minimum absolute atomic E-state index is 0.315. The van der Waals surface area contributed by atoms with E-state index < -0.39 is 0 Å². The van der Waals surface area contributed by atoms with E-state index >= 15 is 0 Å². The lowest BCUT2D eigenvalue weighted by atomic mass is 9.54. The highest BCUT2D eigenvalue weighted by Gasteiger charge is 2.47. The van der Waals surface area contributed by atoms with Crippen molar-refractivity contribution in [1.82, 2.24) is 0 Å². The fourth-order valence-electron chi connectivity index (χ4n) is 3.53. The van der Waals surface area contributed by atoms with Crippen molar-refractivity contribution in [1.29, 1.82) is 0 Å². The van der Waals surface area contributed by atoms with Crippen molar-refractivity contribution in [3.05, 3.63) is 35.4 Å². The van der Waals surface area contributed by atoms with Gasteiger partial charge in [-0.3, -0.25) is 0 Å². The van der Waals surface area contributed by atoms with Gasteiger partial charge in [0.05, 0.1) is 0 Å². The fraction of sp³-hybridized carbons (Fsp3) is 0.571. The molecule has 0 aromatic heterocycles. The average molecular weight is 201 g/mol. The highest BCUT2D eigenvalue weighted by Crippen LogP contribution is 2.54. The minimum Gasteiger partial charge on any atom is -0.327 e. The molecule has 1 fully saturated rings. The summed E-state index contributed by atoms with van der Waals surface area (Å²) >= 11 is 0. The van der Waals surface area contributed by atoms with Crippen molar-refractivity contribution in [3.63, 3.8) is 0 Å². The van der Waals surface area contributed by atoms with Crippen molar-refractivity contribution in [2.24, 2.45) is 11.7 Å². The number of fused-ring (bicyclic) bond motifs is 3. The van der Waals surface area contributed by atoms with Crippen molar-refractivity contribution < 1.29 is 0 Å². The Balaban J connectivity index is 2.11. The van der Waals surface area contributed by atoms with E-state index in [2.05, 4.69) is 38.1 Å². The second kappa shape index (κ2) is 2.85. The molecule has 2 aliphatic carbocycles. The van der Waals surface area contributed by atoms with Gasteiger partial charge in [0.15, 0.2) is 0 Å². The third-order valence-corrected chi connectivity index (χ3v) is 4.43. The van der Waals surface area contributed by atoms with Gasteiger partial charge in [-0.15, -0.1) is 0 Å². The third-order valence-electron chi connectivity index (χ3n) is 4.43. The Bertz CT molecular complexity index is 394. The Labute approximate surface area is 91.7 Å². The van der Waals surface area contributed by atoms with Gasteiger partial charge in [-0.25, -0.2) is 0 Å². The van der Waals surface area contributed by atoms with Crippen molar-refractivity contribution >= 4 is 0 Å². The molecule has 15 heavy (non-hydrogen) atoms. The van der Waals surface area contributed by atoms with Crippen LogP contribution in [-0.2, 0) is 5.41 Å². The maximum Gasteiger partial charge on any atom is 0.00792 e. The smallest absolute Gasteiger partial charge is 0.00792 e. The second-order valence-electron chi connectivity index (χ2n) is 5.85. The monoisotopic (exact) mass is 201 g/mol. The van der Waals surface area contributed by atoms with Gasteiger partial charge >= 0.3 is 0 Å². The zero-order valence-corrected chi connectivity index (χ0v) is 9.53. The number of hydrogen-bond donors (Lipinski definition) is 1. The van der Waals surface area contributed by atoms with Crippen molar-refractivity contribution in [2.75, 3.05) is 0 Å². The standard InChI is InChI=1S/C14H19N/c1-14(2)8-11-10(7-13(11)15)9-5-3-4-6-12(9)14/h3-6,10-11,13H,7-8,15H2,1-2H3. The topological polar surface area (TPSA) is 26.0 Å². The van der Waals surface area contributed by atoms with Gasteiger partial charge in [-0.1, -0.05) is 38.1 Å². The van der Waals surface area contributed by atoms with Crippen molar-refractivity contribution in [2.45, 2.75) is 44.1 Å². The maximum atomic E-state index is 6.11. The molecule has 0 saturated heterocycles. The molecule has 1 aromatic carbocycles. The second-order valence-corrected chi connectivity index (χ2v) is 5.85. The molecule has 1 aromatic rings. The van der Waals surface area contributed by atoms with Crippen LogP contribution >= 0.6 is 0 Å². The van der Waals surface area contributed by atoms with Gasteiger partial charge < -0.3 is 5.73 Å². The Morgan fingerprint density at radius 1 is 1.27 bits per heavy atom. The van der Waals surface area contributed by atoms with Crippen LogP contribution in [0.3, 0.4) is 0 Å². The molecule has 80 valence electrons. The molecule has 0 radical (unpaired) electrons. The van der Waals surface area contributed by atoms with Crippen LogP contribution in [0, 0.1) is 5.92 Å². The lowest BCUT2D eigenvalue weighted by Gasteiger charge is -2.52. The number of hydrogen-bond acceptors (Lipinski definition) is 1. The lowest BCUT2D eigenvalue weighted by Crippen LogP contribution is -2.51. The number of nitrogens with two attached hydrogens (primary N) is 1. The van der Waals surface area contributed by atoms with E-state index in [0.29, 0.717) is 11.5 Å². The van der Waals surface area contributed by atoms with Crippen LogP contribution in [-0.4, -0.2) is 6.04 Å². The molecular formula is C14H19N. The number of rotatable bonds is 0. The molecule has 0 spiro atoms. The number of benzene rings is 1. The molecule has 0 amide bonds. The molecule has 2 N–H and O–H groups in total. The van der Waals surface area contributed by atoms with Gasteiger partial charge in [-0.05, 0) is 41.2 Å². The van der Waals surface area contributed by atoms with Crippen LogP contribution in [0.4, 0.5) is 0 Å². The Morgan fingerprint density at radius 2 is 2.00 bits per heavy atom. The molecule has 1 heteroatoms. The predicted molar refractivity (Wildman–Crippen MR) is 62.9 cm³/mol. The van der Waals surface area contributed by atoms with Crippen LogP contribution in [0.1, 0.15) is 43.7 Å². The average Bonchev–Trinajstić information content (AvgIpc) is 2.22. The predicted octanol–water partition coefficient (Wildman–Crippen LogP) is 2.80. The largest absolute Gasteiger partial charge is 0.327 e. The normalized spacial score (nSPS) is 36.3. The maximum absolute atomic E-state index is 6.11. The quantitative estimate of drug-likeness (QED) is 0.686. The van der Waals surface area contributed by atoms with Crippen LogP contribution in [0.5, 0.6) is 0 Å². The Hall–Kier alpha value is -0.820. The lowest BCUT2D eigenvalue weighted by molar-refractivity contribution is 0.139. The minimum atomic E-state index is 0.315. The molecule has 3 atom stereocenters. The molecule has 1 nitrogen and oxygen atoms in total. The van der Waals surface area contributed by atoms with Crippen LogP contribution in [0.25, 0.3) is 0 Å². The first-order valence-electron chi connectivity index (χ1n) is 5.94. The van der Waals surface area contributed by atoms with E-state index in [-0.39, 0.29) is 0 Å². The van der Waals surface area contributed by atoms with E-state index in [9.17, 15) is 0 Å². The molecule has 3 unspecified atom stereocenters. The van der Waals surface area contributed by atoms with E-state index in [0.717, 1.165) is 11.8 Å². The summed E-state index contributed by atoms with van der Waals surface area (Å²) in [5.74, 6) is 1.49. The van der Waals surface area contributed by atoms with Crippen LogP contribution in [0.15, 0.2) is 24.3 Å². The summed E-state index contributed by atoms with van der Waals surface area (Å²) in [6, 6.07) is 9.39. The summed E-state index contributed by atoms with van der Waals surface area (Å²) in [6.45, 7) is 4.71. The first kappa shape index (κ1) is 9.41. The van der Waals surface area contributed by atoms with Crippen LogP contribution in [0.2, 0.25) is 0 Å². The van der Waals surface area contributed by atoms with Crippen molar-refractivity contribution in [3.8, 4) is 0 Å². The molecule has 2 aliphatic rings. The molecule has 0 bridgehead atoms. The zero-order chi connectivity index (χ0) is 10.6. The van der Waals surface area contributed by atoms with Gasteiger partial charge in [0.25, 0.3) is 0 Å². The van der Waals surface area contributed by atoms with Crippen LogP contribution < -0.4 is 5.73 Å². The van der Waals surface area contributed by atoms with Gasteiger partial charge in [0.2, 0.25) is 0 Å². The first-order valence-corrected chi connectivity index (χ1v) is 5.94. The summed E-state index contributed by atoms with van der Waals surface area (Å²) in [7, 11) is 0. The van der Waals surface area contributed by atoms with Gasteiger partial charge in [-0.2, -0.15) is 0 Å².